The van der Waals surface area contributed by atoms with E-state index in [-0.39, 0.29) is 0 Å². The molecule has 1 aromatic heterocycles. The number of hydrogen-bond donors (Lipinski definition) is 1. The SMILES string of the molecule is CNCc1nnc(SCC2CCCOC2)n1-c1cccc(Cl)c1. The molecule has 3 rings (SSSR count). The van der Waals surface area contributed by atoms with Gasteiger partial charge >= 0.3 is 0 Å². The van der Waals surface area contributed by atoms with E-state index in [2.05, 4.69) is 20.1 Å². The molecule has 124 valence electrons. The maximum absolute atomic E-state index is 6.15. The van der Waals surface area contributed by atoms with Crippen molar-refractivity contribution < 1.29 is 4.74 Å². The van der Waals surface area contributed by atoms with Gasteiger partial charge in [0.2, 0.25) is 0 Å². The Morgan fingerprint density at radius 1 is 1.43 bits per heavy atom. The molecule has 1 aliphatic rings. The molecule has 0 aliphatic carbocycles. The lowest BCUT2D eigenvalue weighted by molar-refractivity contribution is 0.0632. The van der Waals surface area contributed by atoms with Gasteiger partial charge in [-0.05, 0) is 44.0 Å². The van der Waals surface area contributed by atoms with Crippen molar-refractivity contribution in [2.75, 3.05) is 26.0 Å². The summed E-state index contributed by atoms with van der Waals surface area (Å²) in [5.74, 6) is 2.47. The first kappa shape index (κ1) is 16.8. The summed E-state index contributed by atoms with van der Waals surface area (Å²) in [4.78, 5) is 0. The molecule has 0 saturated carbocycles. The van der Waals surface area contributed by atoms with Gasteiger partial charge in [-0.15, -0.1) is 10.2 Å². The molecule has 1 aromatic carbocycles. The zero-order valence-electron chi connectivity index (χ0n) is 13.2. The Bertz CT molecular complexity index is 643. The minimum absolute atomic E-state index is 0.589. The van der Waals surface area contributed by atoms with E-state index in [1.165, 1.54) is 6.42 Å². The summed E-state index contributed by atoms with van der Waals surface area (Å²) in [6, 6.07) is 7.80. The summed E-state index contributed by atoms with van der Waals surface area (Å²) in [6.45, 7) is 2.40. The van der Waals surface area contributed by atoms with Crippen LogP contribution < -0.4 is 5.32 Å². The maximum Gasteiger partial charge on any atom is 0.195 e. The first-order chi connectivity index (χ1) is 11.3. The molecule has 1 fully saturated rings. The number of rotatable bonds is 6. The average Bonchev–Trinajstić information content (AvgIpc) is 2.97. The van der Waals surface area contributed by atoms with Gasteiger partial charge in [0.25, 0.3) is 0 Å². The number of benzene rings is 1. The van der Waals surface area contributed by atoms with Crippen molar-refractivity contribution in [2.24, 2.45) is 5.92 Å². The Kier molecular flexibility index (Phi) is 5.94. The van der Waals surface area contributed by atoms with Crippen LogP contribution in [0.1, 0.15) is 18.7 Å². The molecular weight excluding hydrogens is 332 g/mol. The van der Waals surface area contributed by atoms with Gasteiger partial charge in [0.1, 0.15) is 0 Å². The quantitative estimate of drug-likeness (QED) is 0.809. The van der Waals surface area contributed by atoms with E-state index in [1.807, 2.05) is 31.3 Å². The Hall–Kier alpha value is -1.08. The average molecular weight is 353 g/mol. The van der Waals surface area contributed by atoms with Crippen molar-refractivity contribution in [2.45, 2.75) is 24.5 Å². The van der Waals surface area contributed by atoms with E-state index in [4.69, 9.17) is 16.3 Å². The second-order valence-corrected chi connectivity index (χ2v) is 7.06. The highest BCUT2D eigenvalue weighted by Gasteiger charge is 2.18. The summed E-state index contributed by atoms with van der Waals surface area (Å²) in [5.41, 5.74) is 0.996. The van der Waals surface area contributed by atoms with Crippen molar-refractivity contribution in [1.82, 2.24) is 20.1 Å². The molecule has 1 aliphatic heterocycles. The molecule has 7 heteroatoms. The largest absolute Gasteiger partial charge is 0.381 e. The molecular formula is C16H21ClN4OS. The van der Waals surface area contributed by atoms with Gasteiger partial charge in [0, 0.05) is 17.4 Å². The normalized spacial score (nSPS) is 18.3. The molecule has 2 aromatic rings. The van der Waals surface area contributed by atoms with E-state index in [0.717, 1.165) is 42.1 Å². The second-order valence-electron chi connectivity index (χ2n) is 5.64. The van der Waals surface area contributed by atoms with Gasteiger partial charge in [-0.1, -0.05) is 29.4 Å². The number of nitrogens with zero attached hydrogens (tertiary/aromatic N) is 3. The van der Waals surface area contributed by atoms with E-state index in [0.29, 0.717) is 17.5 Å². The number of ether oxygens (including phenoxy) is 1. The Morgan fingerprint density at radius 2 is 2.35 bits per heavy atom. The van der Waals surface area contributed by atoms with Crippen molar-refractivity contribution in [3.05, 3.63) is 35.1 Å². The summed E-state index contributed by atoms with van der Waals surface area (Å²) in [7, 11) is 1.91. The van der Waals surface area contributed by atoms with E-state index in [1.54, 1.807) is 11.8 Å². The van der Waals surface area contributed by atoms with Crippen LogP contribution in [-0.4, -0.2) is 40.8 Å². The predicted octanol–water partition coefficient (Wildman–Crippen LogP) is 3.16. The van der Waals surface area contributed by atoms with Crippen LogP contribution in [0.5, 0.6) is 0 Å². The van der Waals surface area contributed by atoms with Crippen LogP contribution in [0.3, 0.4) is 0 Å². The fourth-order valence-corrected chi connectivity index (χ4v) is 3.94. The van der Waals surface area contributed by atoms with Crippen LogP contribution in [0.4, 0.5) is 0 Å². The minimum Gasteiger partial charge on any atom is -0.381 e. The van der Waals surface area contributed by atoms with Crippen molar-refractivity contribution in [1.29, 1.82) is 0 Å². The van der Waals surface area contributed by atoms with Gasteiger partial charge in [0.05, 0.1) is 18.8 Å². The highest BCUT2D eigenvalue weighted by Crippen LogP contribution is 2.27. The van der Waals surface area contributed by atoms with Crippen LogP contribution in [0.15, 0.2) is 29.4 Å². The van der Waals surface area contributed by atoms with Crippen LogP contribution in [0.2, 0.25) is 5.02 Å². The smallest absolute Gasteiger partial charge is 0.195 e. The van der Waals surface area contributed by atoms with Gasteiger partial charge in [-0.25, -0.2) is 0 Å². The molecule has 2 heterocycles. The second kappa shape index (κ2) is 8.15. The van der Waals surface area contributed by atoms with Gasteiger partial charge in [-0.3, -0.25) is 4.57 Å². The number of thioether (sulfide) groups is 1. The molecule has 0 amide bonds. The highest BCUT2D eigenvalue weighted by atomic mass is 35.5. The number of halogens is 1. The lowest BCUT2D eigenvalue weighted by Gasteiger charge is -2.21. The lowest BCUT2D eigenvalue weighted by atomic mass is 10.1. The minimum atomic E-state index is 0.589. The monoisotopic (exact) mass is 352 g/mol. The summed E-state index contributed by atoms with van der Waals surface area (Å²) in [5, 5.41) is 13.5. The van der Waals surface area contributed by atoms with Gasteiger partial charge < -0.3 is 10.1 Å². The summed E-state index contributed by atoms with van der Waals surface area (Å²) < 4.78 is 7.64. The third-order valence-corrected chi connectivity index (χ3v) is 5.20. The lowest BCUT2D eigenvalue weighted by Crippen LogP contribution is -2.19. The van der Waals surface area contributed by atoms with Crippen LogP contribution in [-0.2, 0) is 11.3 Å². The first-order valence-corrected chi connectivity index (χ1v) is 9.19. The van der Waals surface area contributed by atoms with Gasteiger partial charge in [-0.2, -0.15) is 0 Å². The zero-order valence-corrected chi connectivity index (χ0v) is 14.7. The van der Waals surface area contributed by atoms with Crippen LogP contribution >= 0.6 is 23.4 Å². The molecule has 5 nitrogen and oxygen atoms in total. The Balaban J connectivity index is 1.81. The molecule has 1 N–H and O–H groups in total. The van der Waals surface area contributed by atoms with Crippen molar-refractivity contribution >= 4 is 23.4 Å². The predicted molar refractivity (Wildman–Crippen MR) is 93.4 cm³/mol. The molecule has 1 unspecified atom stereocenters. The molecule has 1 saturated heterocycles. The Labute approximate surface area is 145 Å². The van der Waals surface area contributed by atoms with E-state index in [9.17, 15) is 0 Å². The fourth-order valence-electron chi connectivity index (χ4n) is 2.67. The first-order valence-electron chi connectivity index (χ1n) is 7.83. The molecule has 1 atom stereocenters. The van der Waals surface area contributed by atoms with Gasteiger partial charge in [0.15, 0.2) is 11.0 Å². The van der Waals surface area contributed by atoms with Crippen molar-refractivity contribution in [3.63, 3.8) is 0 Å². The third-order valence-electron chi connectivity index (χ3n) is 3.80. The van der Waals surface area contributed by atoms with Crippen LogP contribution in [0, 0.1) is 5.92 Å². The van der Waals surface area contributed by atoms with E-state index >= 15 is 0 Å². The molecule has 0 bridgehead atoms. The van der Waals surface area contributed by atoms with Crippen LogP contribution in [0.25, 0.3) is 5.69 Å². The number of hydrogen-bond acceptors (Lipinski definition) is 5. The summed E-state index contributed by atoms with van der Waals surface area (Å²) in [6.07, 6.45) is 2.37. The molecule has 0 spiro atoms. The number of aromatic nitrogens is 3. The standard InChI is InChI=1S/C16H21ClN4OS/c1-18-9-15-19-20-16(23-11-12-4-3-7-22-10-12)21(15)14-6-2-5-13(17)8-14/h2,5-6,8,12,18H,3-4,7,9-11H2,1H3. The molecule has 23 heavy (non-hydrogen) atoms. The third kappa shape index (κ3) is 4.26. The Morgan fingerprint density at radius 3 is 3.09 bits per heavy atom. The maximum atomic E-state index is 6.15. The van der Waals surface area contributed by atoms with E-state index < -0.39 is 0 Å². The fraction of sp³-hybridized carbons (Fsp3) is 0.500. The zero-order chi connectivity index (χ0) is 16.1. The van der Waals surface area contributed by atoms with Crippen molar-refractivity contribution in [3.8, 4) is 5.69 Å². The molecule has 0 radical (unpaired) electrons. The number of nitrogens with one attached hydrogen (secondary N) is 1. The topological polar surface area (TPSA) is 52.0 Å². The summed E-state index contributed by atoms with van der Waals surface area (Å²) >= 11 is 7.89. The highest BCUT2D eigenvalue weighted by molar-refractivity contribution is 7.99.